The van der Waals surface area contributed by atoms with Crippen LogP contribution in [-0.4, -0.2) is 17.9 Å². The third-order valence-electron chi connectivity index (χ3n) is 0.704. The monoisotopic (exact) mass is 104 g/mol. The Kier molecular flexibility index (Phi) is 3.98. The smallest absolute Gasteiger partial charge is 0.102 e. The quantitative estimate of drug-likeness (QED) is 0.402. The predicted octanol–water partition coefficient (Wildman–Crippen LogP) is -0.998. The van der Waals surface area contributed by atoms with Crippen LogP contribution in [-0.2, 0) is 0 Å². The predicted molar refractivity (Wildman–Crippen MR) is 28.5 cm³/mol. The van der Waals surface area contributed by atoms with E-state index in [9.17, 15) is 0 Å². The SMILES string of the molecule is NCCC[C@H](N)O. The van der Waals surface area contributed by atoms with Crippen LogP contribution in [0.5, 0.6) is 0 Å². The highest BCUT2D eigenvalue weighted by Crippen LogP contribution is 1.85. The summed E-state index contributed by atoms with van der Waals surface area (Å²) in [5.74, 6) is 0. The molecular formula is C4H12N2O. The Morgan fingerprint density at radius 1 is 1.57 bits per heavy atom. The maximum atomic E-state index is 8.41. The molecule has 0 unspecified atom stereocenters. The normalized spacial score (nSPS) is 14.1. The van der Waals surface area contributed by atoms with Crippen molar-refractivity contribution in [3.8, 4) is 0 Å². The molecule has 44 valence electrons. The van der Waals surface area contributed by atoms with E-state index in [1.807, 2.05) is 0 Å². The van der Waals surface area contributed by atoms with Crippen LogP contribution in [0.1, 0.15) is 12.8 Å². The molecule has 0 aromatic heterocycles. The average Bonchev–Trinajstić information content (AvgIpc) is 1.61. The average molecular weight is 104 g/mol. The fraction of sp³-hybridized carbons (Fsp3) is 1.00. The molecule has 0 aromatic rings. The van der Waals surface area contributed by atoms with Gasteiger partial charge in [-0.15, -0.1) is 0 Å². The number of nitrogens with two attached hydrogens (primary N) is 2. The molecule has 7 heavy (non-hydrogen) atoms. The van der Waals surface area contributed by atoms with Crippen molar-refractivity contribution < 1.29 is 5.11 Å². The molecular weight excluding hydrogens is 92.1 g/mol. The highest BCUT2D eigenvalue weighted by molar-refractivity contribution is 4.44. The van der Waals surface area contributed by atoms with E-state index in [1.165, 1.54) is 0 Å². The van der Waals surface area contributed by atoms with Crippen molar-refractivity contribution >= 4 is 0 Å². The van der Waals surface area contributed by atoms with Gasteiger partial charge in [0.2, 0.25) is 0 Å². The van der Waals surface area contributed by atoms with Crippen molar-refractivity contribution in [2.24, 2.45) is 11.5 Å². The molecule has 0 saturated carbocycles. The van der Waals surface area contributed by atoms with E-state index in [2.05, 4.69) is 0 Å². The van der Waals surface area contributed by atoms with E-state index in [4.69, 9.17) is 16.6 Å². The second-order valence-electron chi connectivity index (χ2n) is 1.50. The zero-order valence-corrected chi connectivity index (χ0v) is 4.30. The third kappa shape index (κ3) is 5.88. The zero-order chi connectivity index (χ0) is 5.70. The Morgan fingerprint density at radius 2 is 2.14 bits per heavy atom. The van der Waals surface area contributed by atoms with Crippen molar-refractivity contribution in [1.82, 2.24) is 0 Å². The van der Waals surface area contributed by atoms with Crippen molar-refractivity contribution in [2.75, 3.05) is 6.54 Å². The standard InChI is InChI=1S/C4H12N2O/c5-3-1-2-4(6)7/h4,7H,1-3,5-6H2/t4-/m1/s1. The summed E-state index contributed by atoms with van der Waals surface area (Å²) in [7, 11) is 0. The molecule has 0 amide bonds. The highest BCUT2D eigenvalue weighted by atomic mass is 16.3. The lowest BCUT2D eigenvalue weighted by Crippen LogP contribution is -2.19. The van der Waals surface area contributed by atoms with E-state index in [0.717, 1.165) is 6.42 Å². The third-order valence-corrected chi connectivity index (χ3v) is 0.704. The largest absolute Gasteiger partial charge is 0.379 e. The number of aliphatic hydroxyl groups is 1. The second-order valence-corrected chi connectivity index (χ2v) is 1.50. The lowest BCUT2D eigenvalue weighted by Gasteiger charge is -1.98. The Labute approximate surface area is 43.3 Å². The summed E-state index contributed by atoms with van der Waals surface area (Å²) in [6.07, 6.45) is 0.734. The molecule has 0 spiro atoms. The topological polar surface area (TPSA) is 72.3 Å². The molecule has 0 aliphatic carbocycles. The molecule has 0 rings (SSSR count). The molecule has 0 fully saturated rings. The second kappa shape index (κ2) is 4.05. The van der Waals surface area contributed by atoms with Gasteiger partial charge in [-0.25, -0.2) is 0 Å². The van der Waals surface area contributed by atoms with E-state index in [0.29, 0.717) is 13.0 Å². The minimum Gasteiger partial charge on any atom is -0.379 e. The van der Waals surface area contributed by atoms with Gasteiger partial charge in [-0.3, -0.25) is 0 Å². The van der Waals surface area contributed by atoms with Crippen LogP contribution in [0, 0.1) is 0 Å². The van der Waals surface area contributed by atoms with E-state index < -0.39 is 6.23 Å². The number of hydrogen-bond acceptors (Lipinski definition) is 3. The molecule has 0 heterocycles. The summed E-state index contributed by atoms with van der Waals surface area (Å²) < 4.78 is 0. The summed E-state index contributed by atoms with van der Waals surface area (Å²) in [5.41, 5.74) is 10.1. The first-order valence-corrected chi connectivity index (χ1v) is 2.41. The molecule has 3 heteroatoms. The summed E-state index contributed by atoms with van der Waals surface area (Å²) >= 11 is 0. The van der Waals surface area contributed by atoms with E-state index >= 15 is 0 Å². The van der Waals surface area contributed by atoms with E-state index in [-0.39, 0.29) is 0 Å². The molecule has 0 aliphatic rings. The molecule has 5 N–H and O–H groups in total. The van der Waals surface area contributed by atoms with E-state index in [1.54, 1.807) is 0 Å². The number of hydrogen-bond donors (Lipinski definition) is 3. The molecule has 0 bridgehead atoms. The van der Waals surface area contributed by atoms with Crippen molar-refractivity contribution in [2.45, 2.75) is 19.1 Å². The molecule has 1 atom stereocenters. The van der Waals surface area contributed by atoms with Crippen LogP contribution in [0.4, 0.5) is 0 Å². The lowest BCUT2D eigenvalue weighted by molar-refractivity contribution is 0.170. The number of rotatable bonds is 3. The van der Waals surface area contributed by atoms with Gasteiger partial charge in [0.05, 0.1) is 0 Å². The van der Waals surface area contributed by atoms with Gasteiger partial charge in [0.15, 0.2) is 0 Å². The van der Waals surface area contributed by atoms with Crippen LogP contribution < -0.4 is 11.5 Å². The van der Waals surface area contributed by atoms with Gasteiger partial charge < -0.3 is 16.6 Å². The molecule has 0 aromatic carbocycles. The minimum atomic E-state index is -0.677. The van der Waals surface area contributed by atoms with Gasteiger partial charge in [0, 0.05) is 0 Å². The lowest BCUT2D eigenvalue weighted by atomic mass is 10.3. The van der Waals surface area contributed by atoms with Gasteiger partial charge in [0.25, 0.3) is 0 Å². The van der Waals surface area contributed by atoms with Gasteiger partial charge in [-0.2, -0.15) is 0 Å². The first kappa shape index (κ1) is 6.88. The summed E-state index contributed by atoms with van der Waals surface area (Å²) in [4.78, 5) is 0. The maximum absolute atomic E-state index is 8.41. The minimum absolute atomic E-state index is 0.605. The Morgan fingerprint density at radius 3 is 2.29 bits per heavy atom. The molecule has 3 nitrogen and oxygen atoms in total. The molecule has 0 saturated heterocycles. The van der Waals surface area contributed by atoms with Crippen molar-refractivity contribution in [3.05, 3.63) is 0 Å². The fourth-order valence-electron chi connectivity index (χ4n) is 0.327. The first-order chi connectivity index (χ1) is 3.27. The van der Waals surface area contributed by atoms with Crippen LogP contribution in [0.15, 0.2) is 0 Å². The van der Waals surface area contributed by atoms with Crippen molar-refractivity contribution in [1.29, 1.82) is 0 Å². The van der Waals surface area contributed by atoms with Gasteiger partial charge in [-0.05, 0) is 19.4 Å². The Bertz CT molecular complexity index is 38.7. The number of aliphatic hydroxyl groups excluding tert-OH is 1. The van der Waals surface area contributed by atoms with Crippen LogP contribution in [0.2, 0.25) is 0 Å². The summed E-state index contributed by atoms with van der Waals surface area (Å²) in [6.45, 7) is 0.605. The highest BCUT2D eigenvalue weighted by Gasteiger charge is 1.90. The molecule has 0 radical (unpaired) electrons. The Balaban J connectivity index is 2.68. The maximum Gasteiger partial charge on any atom is 0.102 e. The zero-order valence-electron chi connectivity index (χ0n) is 4.30. The van der Waals surface area contributed by atoms with Gasteiger partial charge >= 0.3 is 0 Å². The molecule has 0 aliphatic heterocycles. The van der Waals surface area contributed by atoms with Crippen LogP contribution in [0.25, 0.3) is 0 Å². The Hall–Kier alpha value is -0.120. The van der Waals surface area contributed by atoms with Gasteiger partial charge in [0.1, 0.15) is 6.23 Å². The fourth-order valence-corrected chi connectivity index (χ4v) is 0.327. The summed E-state index contributed by atoms with van der Waals surface area (Å²) in [6, 6.07) is 0. The van der Waals surface area contributed by atoms with Gasteiger partial charge in [-0.1, -0.05) is 0 Å². The van der Waals surface area contributed by atoms with Crippen LogP contribution >= 0.6 is 0 Å². The summed E-state index contributed by atoms with van der Waals surface area (Å²) in [5, 5.41) is 8.41. The van der Waals surface area contributed by atoms with Crippen molar-refractivity contribution in [3.63, 3.8) is 0 Å². The first-order valence-electron chi connectivity index (χ1n) is 2.41. The van der Waals surface area contributed by atoms with Crippen LogP contribution in [0.3, 0.4) is 0 Å².